The number of nitrogens with one attached hydrogen (secondary N) is 1. The fourth-order valence-corrected chi connectivity index (χ4v) is 2.76. The van der Waals surface area contributed by atoms with Crippen molar-refractivity contribution >= 4 is 29.1 Å². The molecule has 138 valence electrons. The summed E-state index contributed by atoms with van der Waals surface area (Å²) in [5.74, 6) is 0.676. The number of aromatic nitrogens is 1. The van der Waals surface area contributed by atoms with Crippen LogP contribution >= 0.6 is 23.2 Å². The zero-order chi connectivity index (χ0) is 19.1. The second kappa shape index (κ2) is 9.40. The van der Waals surface area contributed by atoms with E-state index in [4.69, 9.17) is 27.9 Å². The summed E-state index contributed by atoms with van der Waals surface area (Å²) in [7, 11) is 0. The Labute approximate surface area is 168 Å². The Morgan fingerprint density at radius 3 is 2.44 bits per heavy atom. The monoisotopic (exact) mass is 400 g/mol. The number of rotatable bonds is 7. The molecular weight excluding hydrogens is 383 g/mol. The summed E-state index contributed by atoms with van der Waals surface area (Å²) < 4.78 is 5.70. The lowest BCUT2D eigenvalue weighted by Gasteiger charge is -2.08. The van der Waals surface area contributed by atoms with E-state index in [1.807, 2.05) is 42.5 Å². The number of hydrogen-bond acceptors (Lipinski definition) is 3. The van der Waals surface area contributed by atoms with Crippen LogP contribution in [-0.2, 0) is 24.4 Å². The molecule has 0 fully saturated rings. The first-order valence-corrected chi connectivity index (χ1v) is 9.18. The minimum atomic E-state index is -0.0798. The smallest absolute Gasteiger partial charge is 0.224 e. The second-order valence-electron chi connectivity index (χ2n) is 5.96. The molecule has 0 saturated carbocycles. The highest BCUT2D eigenvalue weighted by molar-refractivity contribution is 6.42. The van der Waals surface area contributed by atoms with Gasteiger partial charge in [0.2, 0.25) is 5.91 Å². The molecule has 3 aromatic rings. The molecule has 4 nitrogen and oxygen atoms in total. The molecule has 1 aromatic heterocycles. The van der Waals surface area contributed by atoms with Crippen molar-refractivity contribution < 1.29 is 9.53 Å². The summed E-state index contributed by atoms with van der Waals surface area (Å²) in [6.07, 6.45) is 1.99. The number of nitrogens with zero attached hydrogens (tertiary/aromatic N) is 1. The average Bonchev–Trinajstić information content (AvgIpc) is 2.69. The van der Waals surface area contributed by atoms with E-state index in [0.717, 1.165) is 22.6 Å². The molecule has 3 rings (SSSR count). The molecule has 6 heteroatoms. The Morgan fingerprint density at radius 1 is 0.963 bits per heavy atom. The zero-order valence-corrected chi connectivity index (χ0v) is 16.0. The van der Waals surface area contributed by atoms with Gasteiger partial charge >= 0.3 is 0 Å². The van der Waals surface area contributed by atoms with Gasteiger partial charge in [0.15, 0.2) is 0 Å². The van der Waals surface area contributed by atoms with Crippen LogP contribution in [0.5, 0.6) is 5.75 Å². The molecule has 0 spiro atoms. The predicted octanol–water partition coefficient (Wildman–Crippen LogP) is 4.83. The molecule has 1 heterocycles. The molecule has 0 atom stereocenters. The van der Waals surface area contributed by atoms with Gasteiger partial charge in [-0.15, -0.1) is 0 Å². The van der Waals surface area contributed by atoms with Gasteiger partial charge in [0.05, 0.1) is 22.2 Å². The van der Waals surface area contributed by atoms with Crippen molar-refractivity contribution in [1.29, 1.82) is 0 Å². The highest BCUT2D eigenvalue weighted by Gasteiger charge is 2.06. The quantitative estimate of drug-likeness (QED) is 0.617. The van der Waals surface area contributed by atoms with Crippen LogP contribution in [0.4, 0.5) is 0 Å². The van der Waals surface area contributed by atoms with Crippen molar-refractivity contribution in [3.8, 4) is 5.75 Å². The third kappa shape index (κ3) is 5.98. The largest absolute Gasteiger partial charge is 0.487 e. The number of pyridine rings is 1. The molecule has 1 N–H and O–H groups in total. The first-order valence-electron chi connectivity index (χ1n) is 8.42. The Bertz CT molecular complexity index is 900. The van der Waals surface area contributed by atoms with Crippen LogP contribution in [0, 0.1) is 0 Å². The number of benzene rings is 2. The third-order valence-corrected chi connectivity index (χ3v) is 4.61. The van der Waals surface area contributed by atoms with Crippen LogP contribution in [0.1, 0.15) is 16.8 Å². The van der Waals surface area contributed by atoms with Gasteiger partial charge in [-0.05, 0) is 47.5 Å². The summed E-state index contributed by atoms with van der Waals surface area (Å²) in [5, 5.41) is 3.82. The van der Waals surface area contributed by atoms with Crippen molar-refractivity contribution in [2.45, 2.75) is 19.6 Å². The van der Waals surface area contributed by atoms with Gasteiger partial charge in [0, 0.05) is 12.7 Å². The maximum atomic E-state index is 12.1. The minimum absolute atomic E-state index is 0.0798. The van der Waals surface area contributed by atoms with E-state index in [0.29, 0.717) is 23.2 Å². The molecule has 0 bridgehead atoms. The highest BCUT2D eigenvalue weighted by Crippen LogP contribution is 2.22. The standard InChI is InChI=1S/C21H18Cl2N2O2/c22-19-9-6-16(11-20(19)23)12-21(26)25-13-15-4-7-18(8-5-15)27-14-17-3-1-2-10-24-17/h1-11H,12-14H2,(H,25,26). The number of carbonyl (C=O) groups is 1. The maximum absolute atomic E-state index is 12.1. The highest BCUT2D eigenvalue weighted by atomic mass is 35.5. The van der Waals surface area contributed by atoms with Gasteiger partial charge in [-0.3, -0.25) is 9.78 Å². The number of ether oxygens (including phenoxy) is 1. The minimum Gasteiger partial charge on any atom is -0.487 e. The van der Waals surface area contributed by atoms with Crippen LogP contribution in [0.3, 0.4) is 0 Å². The molecule has 0 saturated heterocycles. The lowest BCUT2D eigenvalue weighted by molar-refractivity contribution is -0.120. The van der Waals surface area contributed by atoms with Crippen molar-refractivity contribution in [3.63, 3.8) is 0 Å². The van der Waals surface area contributed by atoms with Crippen LogP contribution in [-0.4, -0.2) is 10.9 Å². The predicted molar refractivity (Wildman–Crippen MR) is 107 cm³/mol. The van der Waals surface area contributed by atoms with Gasteiger partial charge in [-0.25, -0.2) is 0 Å². The summed E-state index contributed by atoms with van der Waals surface area (Å²) in [4.78, 5) is 16.3. The Hall–Kier alpha value is -2.56. The number of hydrogen-bond donors (Lipinski definition) is 1. The van der Waals surface area contributed by atoms with E-state index >= 15 is 0 Å². The molecule has 27 heavy (non-hydrogen) atoms. The summed E-state index contributed by atoms with van der Waals surface area (Å²) >= 11 is 11.9. The van der Waals surface area contributed by atoms with Gasteiger partial charge in [0.1, 0.15) is 12.4 Å². The third-order valence-electron chi connectivity index (χ3n) is 3.87. The molecule has 2 aromatic carbocycles. The normalized spacial score (nSPS) is 10.4. The Morgan fingerprint density at radius 2 is 1.74 bits per heavy atom. The summed E-state index contributed by atoms with van der Waals surface area (Å²) in [6, 6.07) is 18.5. The van der Waals surface area contributed by atoms with Crippen molar-refractivity contribution in [2.75, 3.05) is 0 Å². The van der Waals surface area contributed by atoms with E-state index in [-0.39, 0.29) is 12.3 Å². The topological polar surface area (TPSA) is 51.2 Å². The molecule has 0 aliphatic carbocycles. The number of halogens is 2. The summed E-state index contributed by atoms with van der Waals surface area (Å²) in [6.45, 7) is 0.862. The van der Waals surface area contributed by atoms with E-state index in [2.05, 4.69) is 10.3 Å². The molecule has 0 aliphatic rings. The second-order valence-corrected chi connectivity index (χ2v) is 6.77. The Balaban J connectivity index is 1.46. The van der Waals surface area contributed by atoms with Gasteiger partial charge in [-0.1, -0.05) is 47.5 Å². The van der Waals surface area contributed by atoms with Crippen LogP contribution in [0.2, 0.25) is 10.0 Å². The first-order chi connectivity index (χ1) is 13.1. The zero-order valence-electron chi connectivity index (χ0n) is 14.5. The maximum Gasteiger partial charge on any atom is 0.224 e. The van der Waals surface area contributed by atoms with Gasteiger partial charge in [-0.2, -0.15) is 0 Å². The van der Waals surface area contributed by atoms with Gasteiger partial charge < -0.3 is 10.1 Å². The SMILES string of the molecule is O=C(Cc1ccc(Cl)c(Cl)c1)NCc1ccc(OCc2ccccn2)cc1. The average molecular weight is 401 g/mol. The fourth-order valence-electron chi connectivity index (χ4n) is 2.44. The number of carbonyl (C=O) groups excluding carboxylic acids is 1. The fraction of sp³-hybridized carbons (Fsp3) is 0.143. The van der Waals surface area contributed by atoms with E-state index in [9.17, 15) is 4.79 Å². The molecule has 0 radical (unpaired) electrons. The Kier molecular flexibility index (Phi) is 6.69. The van der Waals surface area contributed by atoms with E-state index in [1.54, 1.807) is 24.4 Å². The van der Waals surface area contributed by atoms with Gasteiger partial charge in [0.25, 0.3) is 0 Å². The van der Waals surface area contributed by atoms with E-state index in [1.165, 1.54) is 0 Å². The van der Waals surface area contributed by atoms with Crippen LogP contribution in [0.15, 0.2) is 66.9 Å². The van der Waals surface area contributed by atoms with Crippen LogP contribution < -0.4 is 10.1 Å². The van der Waals surface area contributed by atoms with Crippen molar-refractivity contribution in [2.24, 2.45) is 0 Å². The molecule has 0 unspecified atom stereocenters. The summed E-state index contributed by atoms with van der Waals surface area (Å²) in [5.41, 5.74) is 2.68. The molecular formula is C21H18Cl2N2O2. The van der Waals surface area contributed by atoms with Crippen molar-refractivity contribution in [1.82, 2.24) is 10.3 Å². The van der Waals surface area contributed by atoms with Crippen LogP contribution in [0.25, 0.3) is 0 Å². The first kappa shape index (κ1) is 19.2. The van der Waals surface area contributed by atoms with E-state index < -0.39 is 0 Å². The lowest BCUT2D eigenvalue weighted by Crippen LogP contribution is -2.24. The lowest BCUT2D eigenvalue weighted by atomic mass is 10.1. The molecule has 0 aliphatic heterocycles. The van der Waals surface area contributed by atoms with Crippen molar-refractivity contribution in [3.05, 3.63) is 93.7 Å². The number of amides is 1. The molecule has 1 amide bonds.